The second-order valence-corrected chi connectivity index (χ2v) is 5.90. The molecule has 4 nitrogen and oxygen atoms in total. The highest BCUT2D eigenvalue weighted by molar-refractivity contribution is 9.10. The van der Waals surface area contributed by atoms with Crippen LogP contribution in [0.15, 0.2) is 22.7 Å². The average Bonchev–Trinajstić information content (AvgIpc) is 2.90. The van der Waals surface area contributed by atoms with E-state index in [1.54, 1.807) is 6.07 Å². The largest absolute Gasteiger partial charge is 0.453 e. The van der Waals surface area contributed by atoms with Crippen LogP contribution < -0.4 is 0 Å². The molecule has 104 valence electrons. The van der Waals surface area contributed by atoms with E-state index in [-0.39, 0.29) is 4.96 Å². The number of hydrogen-bond acceptors (Lipinski definition) is 4. The second kappa shape index (κ2) is 4.52. The SMILES string of the molecule is Cc1cc(-c2nn3c(C(F)(F)F)nnc3s2)ccc1Br. The van der Waals surface area contributed by atoms with E-state index in [9.17, 15) is 13.2 Å². The Bertz CT molecular complexity index is 793. The summed E-state index contributed by atoms with van der Waals surface area (Å²) in [6.45, 7) is 1.90. The van der Waals surface area contributed by atoms with Gasteiger partial charge in [0, 0.05) is 10.0 Å². The molecule has 3 aromatic rings. The van der Waals surface area contributed by atoms with Crippen LogP contribution in [0.4, 0.5) is 13.2 Å². The van der Waals surface area contributed by atoms with E-state index < -0.39 is 12.0 Å². The number of alkyl halides is 3. The Morgan fingerprint density at radius 1 is 1.25 bits per heavy atom. The Hall–Kier alpha value is -1.48. The first kappa shape index (κ1) is 13.5. The normalized spacial score (nSPS) is 12.2. The van der Waals surface area contributed by atoms with Crippen LogP contribution in [0.25, 0.3) is 15.5 Å². The molecule has 9 heteroatoms. The van der Waals surface area contributed by atoms with Gasteiger partial charge in [-0.05, 0) is 24.6 Å². The number of halogens is 4. The topological polar surface area (TPSA) is 43.1 Å². The van der Waals surface area contributed by atoms with E-state index >= 15 is 0 Å². The molecule has 0 fully saturated rings. The summed E-state index contributed by atoms with van der Waals surface area (Å²) in [5.41, 5.74) is 1.72. The number of aromatic nitrogens is 4. The Kier molecular flexibility index (Phi) is 3.05. The third-order valence-electron chi connectivity index (χ3n) is 2.65. The van der Waals surface area contributed by atoms with E-state index in [2.05, 4.69) is 31.2 Å². The predicted molar refractivity (Wildman–Crippen MR) is 71.5 cm³/mol. The molecular formula is C11H6BrF3N4S. The smallest absolute Gasteiger partial charge is 0.178 e. The van der Waals surface area contributed by atoms with Crippen molar-refractivity contribution in [2.75, 3.05) is 0 Å². The molecule has 0 atom stereocenters. The molecule has 20 heavy (non-hydrogen) atoms. The molecular weight excluding hydrogens is 357 g/mol. The van der Waals surface area contributed by atoms with Crippen molar-refractivity contribution in [3.05, 3.63) is 34.1 Å². The molecule has 0 radical (unpaired) electrons. The summed E-state index contributed by atoms with van der Waals surface area (Å²) in [6, 6.07) is 5.47. The zero-order valence-electron chi connectivity index (χ0n) is 9.94. The molecule has 0 N–H and O–H groups in total. The van der Waals surface area contributed by atoms with E-state index in [0.29, 0.717) is 5.01 Å². The maximum Gasteiger partial charge on any atom is 0.453 e. The van der Waals surface area contributed by atoms with Crippen molar-refractivity contribution >= 4 is 32.2 Å². The fourth-order valence-electron chi connectivity index (χ4n) is 1.69. The molecule has 0 aliphatic heterocycles. The van der Waals surface area contributed by atoms with Gasteiger partial charge in [-0.2, -0.15) is 22.8 Å². The van der Waals surface area contributed by atoms with Crippen molar-refractivity contribution in [1.29, 1.82) is 0 Å². The molecule has 0 saturated carbocycles. The minimum absolute atomic E-state index is 0.118. The van der Waals surface area contributed by atoms with Gasteiger partial charge < -0.3 is 0 Å². The van der Waals surface area contributed by atoms with Crippen LogP contribution in [0.2, 0.25) is 0 Å². The van der Waals surface area contributed by atoms with Crippen LogP contribution in [0.5, 0.6) is 0 Å². The standard InChI is InChI=1S/C11H6BrF3N4S/c1-5-4-6(2-3-7(5)12)8-18-19-9(11(13,14)15)16-17-10(19)20-8/h2-4H,1H3. The number of benzene rings is 1. The molecule has 1 aromatic carbocycles. The Morgan fingerprint density at radius 2 is 2.00 bits per heavy atom. The van der Waals surface area contributed by atoms with Crippen molar-refractivity contribution in [2.45, 2.75) is 13.1 Å². The van der Waals surface area contributed by atoms with Gasteiger partial charge in [0.2, 0.25) is 4.96 Å². The summed E-state index contributed by atoms with van der Waals surface area (Å²) in [5.74, 6) is -1.11. The Balaban J connectivity index is 2.14. The number of hydrogen-bond donors (Lipinski definition) is 0. The van der Waals surface area contributed by atoms with E-state index in [1.807, 2.05) is 19.1 Å². The van der Waals surface area contributed by atoms with Crippen LogP contribution in [-0.4, -0.2) is 19.8 Å². The molecule has 0 saturated heterocycles. The molecule has 3 rings (SSSR count). The zero-order valence-corrected chi connectivity index (χ0v) is 12.3. The number of rotatable bonds is 1. The summed E-state index contributed by atoms with van der Waals surface area (Å²) >= 11 is 4.44. The lowest BCUT2D eigenvalue weighted by atomic mass is 10.1. The van der Waals surface area contributed by atoms with Gasteiger partial charge in [0.05, 0.1) is 0 Å². The van der Waals surface area contributed by atoms with Gasteiger partial charge in [0.15, 0.2) is 0 Å². The zero-order chi connectivity index (χ0) is 14.5. The van der Waals surface area contributed by atoms with Crippen molar-refractivity contribution in [2.24, 2.45) is 0 Å². The van der Waals surface area contributed by atoms with Gasteiger partial charge in [0.25, 0.3) is 5.82 Å². The molecule has 0 spiro atoms. The lowest BCUT2D eigenvalue weighted by Crippen LogP contribution is -2.11. The van der Waals surface area contributed by atoms with Gasteiger partial charge in [-0.25, -0.2) is 0 Å². The molecule has 0 aliphatic carbocycles. The van der Waals surface area contributed by atoms with Crippen LogP contribution in [-0.2, 0) is 6.18 Å². The van der Waals surface area contributed by atoms with Gasteiger partial charge >= 0.3 is 6.18 Å². The Morgan fingerprint density at radius 3 is 2.65 bits per heavy atom. The lowest BCUT2D eigenvalue weighted by molar-refractivity contribution is -0.146. The first-order valence-corrected chi connectivity index (χ1v) is 7.03. The molecule has 0 unspecified atom stereocenters. The molecule has 2 heterocycles. The van der Waals surface area contributed by atoms with Gasteiger partial charge in [-0.15, -0.1) is 10.2 Å². The second-order valence-electron chi connectivity index (χ2n) is 4.09. The van der Waals surface area contributed by atoms with Crippen LogP contribution >= 0.6 is 27.3 Å². The highest BCUT2D eigenvalue weighted by Gasteiger charge is 2.38. The van der Waals surface area contributed by atoms with Crippen molar-refractivity contribution < 1.29 is 13.2 Å². The van der Waals surface area contributed by atoms with Crippen molar-refractivity contribution in [1.82, 2.24) is 19.8 Å². The van der Waals surface area contributed by atoms with E-state index in [1.165, 1.54) is 0 Å². The number of nitrogens with zero attached hydrogens (tertiary/aromatic N) is 4. The van der Waals surface area contributed by atoms with Crippen LogP contribution in [0.3, 0.4) is 0 Å². The summed E-state index contributed by atoms with van der Waals surface area (Å²) < 4.78 is 39.8. The average molecular weight is 363 g/mol. The van der Waals surface area contributed by atoms with Crippen LogP contribution in [0, 0.1) is 6.92 Å². The molecule has 0 aliphatic rings. The fraction of sp³-hybridized carbons (Fsp3) is 0.182. The van der Waals surface area contributed by atoms with Gasteiger partial charge in [-0.3, -0.25) is 0 Å². The Labute approximate surface area is 123 Å². The summed E-state index contributed by atoms with van der Waals surface area (Å²) in [5, 5.41) is 11.1. The number of fused-ring (bicyclic) bond motifs is 1. The monoisotopic (exact) mass is 362 g/mol. The van der Waals surface area contributed by atoms with Gasteiger partial charge in [-0.1, -0.05) is 33.3 Å². The molecule has 0 amide bonds. The predicted octanol–water partition coefficient (Wildman–Crippen LogP) is 3.94. The summed E-state index contributed by atoms with van der Waals surface area (Å²) in [4.78, 5) is 0.118. The van der Waals surface area contributed by atoms with E-state index in [0.717, 1.165) is 31.5 Å². The lowest BCUT2D eigenvalue weighted by Gasteiger charge is -2.01. The van der Waals surface area contributed by atoms with Crippen molar-refractivity contribution in [3.63, 3.8) is 0 Å². The first-order valence-electron chi connectivity index (χ1n) is 5.42. The maximum atomic E-state index is 12.7. The molecule has 0 bridgehead atoms. The minimum atomic E-state index is -4.57. The molecule has 2 aromatic heterocycles. The highest BCUT2D eigenvalue weighted by atomic mass is 79.9. The first-order chi connectivity index (χ1) is 9.36. The number of aryl methyl sites for hydroxylation is 1. The van der Waals surface area contributed by atoms with Crippen molar-refractivity contribution in [3.8, 4) is 10.6 Å². The maximum absolute atomic E-state index is 12.7. The fourth-order valence-corrected chi connectivity index (χ4v) is 2.77. The minimum Gasteiger partial charge on any atom is -0.178 e. The third kappa shape index (κ3) is 2.20. The summed E-state index contributed by atoms with van der Waals surface area (Å²) in [6.07, 6.45) is -4.57. The third-order valence-corrected chi connectivity index (χ3v) is 4.49. The quantitative estimate of drug-likeness (QED) is 0.658. The van der Waals surface area contributed by atoms with E-state index in [4.69, 9.17) is 0 Å². The van der Waals surface area contributed by atoms with Gasteiger partial charge in [0.1, 0.15) is 5.01 Å². The van der Waals surface area contributed by atoms with Crippen LogP contribution in [0.1, 0.15) is 11.4 Å². The highest BCUT2D eigenvalue weighted by Crippen LogP contribution is 2.32. The summed E-state index contributed by atoms with van der Waals surface area (Å²) in [7, 11) is 0.